The lowest BCUT2D eigenvalue weighted by Gasteiger charge is -2.09. The molecule has 138 valence electrons. The number of nitrogens with one attached hydrogen (secondary N) is 2. The summed E-state index contributed by atoms with van der Waals surface area (Å²) in [5, 5.41) is 14.5. The average Bonchev–Trinajstić information content (AvgIpc) is 2.67. The van der Waals surface area contributed by atoms with Crippen molar-refractivity contribution in [2.75, 3.05) is 23.8 Å². The summed E-state index contributed by atoms with van der Waals surface area (Å²) in [7, 11) is 0. The van der Waals surface area contributed by atoms with E-state index < -0.39 is 0 Å². The van der Waals surface area contributed by atoms with Crippen LogP contribution >= 0.6 is 22.6 Å². The standard InChI is InChI=1S/C17H16IN7O2/c1-10-22-15(13-4-2-3-5-19-13)24-17(23-10)25-16(27)11-8-12(18)14(21-9-11)20-6-7-26/h2-5,8-9,26H,6-7H2,1H3,(H,20,21)(H,22,23,24,25,27). The van der Waals surface area contributed by atoms with Crippen molar-refractivity contribution in [1.29, 1.82) is 0 Å². The third kappa shape index (κ3) is 4.92. The maximum absolute atomic E-state index is 12.5. The Morgan fingerprint density at radius 1 is 1.22 bits per heavy atom. The molecule has 0 radical (unpaired) electrons. The van der Waals surface area contributed by atoms with Crippen LogP contribution < -0.4 is 10.6 Å². The fourth-order valence-electron chi connectivity index (χ4n) is 2.19. The number of rotatable bonds is 6. The van der Waals surface area contributed by atoms with Crippen molar-refractivity contribution in [3.63, 3.8) is 0 Å². The zero-order valence-corrected chi connectivity index (χ0v) is 16.5. The van der Waals surface area contributed by atoms with E-state index in [1.807, 2.05) is 6.07 Å². The van der Waals surface area contributed by atoms with E-state index in [1.165, 1.54) is 6.20 Å². The van der Waals surface area contributed by atoms with Crippen LogP contribution in [0.5, 0.6) is 0 Å². The molecule has 0 saturated carbocycles. The van der Waals surface area contributed by atoms with Crippen molar-refractivity contribution >= 4 is 40.3 Å². The van der Waals surface area contributed by atoms with E-state index in [0.29, 0.717) is 35.3 Å². The quantitative estimate of drug-likeness (QED) is 0.460. The Morgan fingerprint density at radius 2 is 2.07 bits per heavy atom. The maximum atomic E-state index is 12.5. The van der Waals surface area contributed by atoms with Crippen molar-refractivity contribution in [3.8, 4) is 11.5 Å². The predicted molar refractivity (Wildman–Crippen MR) is 108 cm³/mol. The van der Waals surface area contributed by atoms with Crippen molar-refractivity contribution < 1.29 is 9.90 Å². The Morgan fingerprint density at radius 3 is 2.78 bits per heavy atom. The van der Waals surface area contributed by atoms with Crippen molar-refractivity contribution in [2.45, 2.75) is 6.92 Å². The van der Waals surface area contributed by atoms with Gasteiger partial charge < -0.3 is 10.4 Å². The molecule has 3 aromatic rings. The molecule has 10 heteroatoms. The highest BCUT2D eigenvalue weighted by molar-refractivity contribution is 14.1. The predicted octanol–water partition coefficient (Wildman–Crippen LogP) is 1.90. The van der Waals surface area contributed by atoms with Crippen LogP contribution in [0.4, 0.5) is 11.8 Å². The fourth-order valence-corrected chi connectivity index (χ4v) is 2.85. The Balaban J connectivity index is 1.80. The molecular weight excluding hydrogens is 461 g/mol. The van der Waals surface area contributed by atoms with Gasteiger partial charge in [0.25, 0.3) is 5.91 Å². The van der Waals surface area contributed by atoms with Crippen LogP contribution in [0, 0.1) is 10.5 Å². The first-order valence-electron chi connectivity index (χ1n) is 8.02. The van der Waals surface area contributed by atoms with E-state index in [2.05, 4.69) is 58.1 Å². The van der Waals surface area contributed by atoms with E-state index in [0.717, 1.165) is 3.57 Å². The number of hydrogen-bond donors (Lipinski definition) is 3. The lowest BCUT2D eigenvalue weighted by molar-refractivity contribution is 0.102. The first-order chi connectivity index (χ1) is 13.1. The van der Waals surface area contributed by atoms with Gasteiger partial charge in [-0.15, -0.1) is 0 Å². The second-order valence-electron chi connectivity index (χ2n) is 5.40. The number of halogens is 1. The molecule has 0 unspecified atom stereocenters. The first-order valence-corrected chi connectivity index (χ1v) is 9.10. The van der Waals surface area contributed by atoms with E-state index in [4.69, 9.17) is 5.11 Å². The monoisotopic (exact) mass is 477 g/mol. The summed E-state index contributed by atoms with van der Waals surface area (Å²) >= 11 is 2.07. The minimum absolute atomic E-state index is 0.00264. The summed E-state index contributed by atoms with van der Waals surface area (Å²) < 4.78 is 0.759. The average molecular weight is 477 g/mol. The third-order valence-corrected chi connectivity index (χ3v) is 4.20. The minimum Gasteiger partial charge on any atom is -0.395 e. The smallest absolute Gasteiger partial charge is 0.259 e. The molecule has 3 heterocycles. The third-order valence-electron chi connectivity index (χ3n) is 3.37. The number of carbonyl (C=O) groups excluding carboxylic acids is 1. The molecule has 0 atom stereocenters. The molecule has 3 N–H and O–H groups in total. The fraction of sp³-hybridized carbons (Fsp3) is 0.176. The van der Waals surface area contributed by atoms with Crippen LogP contribution in [0.1, 0.15) is 16.2 Å². The summed E-state index contributed by atoms with van der Waals surface area (Å²) in [5.41, 5.74) is 0.959. The van der Waals surface area contributed by atoms with Gasteiger partial charge in [-0.3, -0.25) is 15.1 Å². The zero-order chi connectivity index (χ0) is 19.2. The first kappa shape index (κ1) is 19.0. The molecule has 0 aliphatic rings. The lowest BCUT2D eigenvalue weighted by Crippen LogP contribution is -2.17. The Bertz CT molecular complexity index is 953. The maximum Gasteiger partial charge on any atom is 0.259 e. The summed E-state index contributed by atoms with van der Waals surface area (Å²) in [5.74, 6) is 1.22. The summed E-state index contributed by atoms with van der Waals surface area (Å²) in [6, 6.07) is 7.11. The van der Waals surface area contributed by atoms with Crippen molar-refractivity contribution in [2.24, 2.45) is 0 Å². The van der Waals surface area contributed by atoms with Crippen LogP contribution in [-0.2, 0) is 0 Å². The molecule has 3 rings (SSSR count). The van der Waals surface area contributed by atoms with Gasteiger partial charge >= 0.3 is 0 Å². The lowest BCUT2D eigenvalue weighted by atomic mass is 10.2. The molecule has 0 fully saturated rings. The number of anilines is 2. The number of carbonyl (C=O) groups is 1. The zero-order valence-electron chi connectivity index (χ0n) is 14.3. The molecule has 0 aromatic carbocycles. The van der Waals surface area contributed by atoms with Gasteiger partial charge in [0, 0.05) is 18.9 Å². The SMILES string of the molecule is Cc1nc(NC(=O)c2cnc(NCCO)c(I)c2)nc(-c2ccccn2)n1. The molecule has 27 heavy (non-hydrogen) atoms. The molecule has 0 aliphatic carbocycles. The van der Waals surface area contributed by atoms with Crippen molar-refractivity contribution in [3.05, 3.63) is 51.6 Å². The van der Waals surface area contributed by atoms with Gasteiger partial charge in [0.05, 0.1) is 15.7 Å². The number of aliphatic hydroxyl groups is 1. The number of aromatic nitrogens is 5. The van der Waals surface area contributed by atoms with E-state index in [1.54, 1.807) is 31.3 Å². The molecule has 0 saturated heterocycles. The number of nitrogens with zero attached hydrogens (tertiary/aromatic N) is 5. The van der Waals surface area contributed by atoms with Gasteiger partial charge in [0.1, 0.15) is 17.3 Å². The normalized spacial score (nSPS) is 10.5. The Labute approximate surface area is 168 Å². The number of hydrogen-bond acceptors (Lipinski definition) is 8. The van der Waals surface area contributed by atoms with Crippen LogP contribution in [0.25, 0.3) is 11.5 Å². The minimum atomic E-state index is -0.383. The van der Waals surface area contributed by atoms with E-state index in [9.17, 15) is 4.79 Å². The summed E-state index contributed by atoms with van der Waals surface area (Å²) in [4.78, 5) is 33.6. The number of pyridine rings is 2. The molecular formula is C17H16IN7O2. The van der Waals surface area contributed by atoms with Gasteiger partial charge in [0.2, 0.25) is 5.95 Å². The van der Waals surface area contributed by atoms with Crippen LogP contribution in [0.3, 0.4) is 0 Å². The summed E-state index contributed by atoms with van der Waals surface area (Å²) in [6.45, 7) is 2.10. The topological polar surface area (TPSA) is 126 Å². The molecule has 0 spiro atoms. The number of aryl methyl sites for hydroxylation is 1. The van der Waals surface area contributed by atoms with Crippen molar-refractivity contribution in [1.82, 2.24) is 24.9 Å². The molecule has 9 nitrogen and oxygen atoms in total. The van der Waals surface area contributed by atoms with Gasteiger partial charge in [-0.2, -0.15) is 9.97 Å². The molecule has 0 bridgehead atoms. The highest BCUT2D eigenvalue weighted by Crippen LogP contribution is 2.18. The highest BCUT2D eigenvalue weighted by Gasteiger charge is 2.13. The Kier molecular flexibility index (Phi) is 6.19. The van der Waals surface area contributed by atoms with Gasteiger partial charge in [-0.25, -0.2) is 9.97 Å². The second-order valence-corrected chi connectivity index (χ2v) is 6.57. The summed E-state index contributed by atoms with van der Waals surface area (Å²) in [6.07, 6.45) is 3.09. The van der Waals surface area contributed by atoms with Crippen LogP contribution in [-0.4, -0.2) is 49.1 Å². The number of amides is 1. The molecule has 1 amide bonds. The van der Waals surface area contributed by atoms with Gasteiger partial charge in [0.15, 0.2) is 5.82 Å². The van der Waals surface area contributed by atoms with Gasteiger partial charge in [-0.1, -0.05) is 6.07 Å². The molecule has 3 aromatic heterocycles. The second kappa shape index (κ2) is 8.77. The van der Waals surface area contributed by atoms with E-state index >= 15 is 0 Å². The molecule has 0 aliphatic heterocycles. The van der Waals surface area contributed by atoms with Gasteiger partial charge in [-0.05, 0) is 47.7 Å². The number of aliphatic hydroxyl groups excluding tert-OH is 1. The largest absolute Gasteiger partial charge is 0.395 e. The van der Waals surface area contributed by atoms with Crippen LogP contribution in [0.2, 0.25) is 0 Å². The van der Waals surface area contributed by atoms with E-state index in [-0.39, 0.29) is 18.5 Å². The Hall–Kier alpha value is -2.73. The van der Waals surface area contributed by atoms with Crippen LogP contribution in [0.15, 0.2) is 36.7 Å². The highest BCUT2D eigenvalue weighted by atomic mass is 127.